The molecular weight excluding hydrogens is 328 g/mol. The highest BCUT2D eigenvalue weighted by Crippen LogP contribution is 2.32. The van der Waals surface area contributed by atoms with Crippen molar-refractivity contribution in [2.24, 2.45) is 5.10 Å². The number of hydrogen-bond donors (Lipinski definition) is 0. The van der Waals surface area contributed by atoms with E-state index < -0.39 is 5.97 Å². The van der Waals surface area contributed by atoms with E-state index >= 15 is 0 Å². The van der Waals surface area contributed by atoms with Gasteiger partial charge in [-0.05, 0) is 12.1 Å². The molecule has 1 aliphatic rings. The summed E-state index contributed by atoms with van der Waals surface area (Å²) in [4.78, 5) is 30.5. The number of rotatable bonds is 4. The molecule has 7 nitrogen and oxygen atoms in total. The maximum atomic E-state index is 12.7. The summed E-state index contributed by atoms with van der Waals surface area (Å²) >= 11 is 1.38. The minimum Gasteiger partial charge on any atom is -0.469 e. The van der Waals surface area contributed by atoms with E-state index in [0.29, 0.717) is 16.4 Å². The number of nitrogens with zero attached hydrogens (tertiary/aromatic N) is 4. The lowest BCUT2D eigenvalue weighted by molar-refractivity contribution is -0.139. The summed E-state index contributed by atoms with van der Waals surface area (Å²) in [6, 6.07) is 7.62. The summed E-state index contributed by atoms with van der Waals surface area (Å²) in [7, 11) is 4.91. The monoisotopic (exact) mass is 344 g/mol. The molecule has 1 amide bonds. The first-order chi connectivity index (χ1) is 11.5. The van der Waals surface area contributed by atoms with Gasteiger partial charge in [0.25, 0.3) is 5.91 Å². The minimum absolute atomic E-state index is 0.0662. The Morgan fingerprint density at radius 2 is 2.12 bits per heavy atom. The predicted molar refractivity (Wildman–Crippen MR) is 92.9 cm³/mol. The largest absolute Gasteiger partial charge is 0.469 e. The van der Waals surface area contributed by atoms with E-state index in [4.69, 9.17) is 0 Å². The second-order valence-corrected chi connectivity index (χ2v) is 6.40. The summed E-state index contributed by atoms with van der Waals surface area (Å²) < 4.78 is 5.65. The number of carbonyl (C=O) groups excluding carboxylic acids is 2. The standard InChI is InChI=1S/C16H16N4O3S/c1-19(2)9-10-12(8-14(21)23-3)18-20(15(10)22)16-17-11-6-4-5-7-13(11)24-16/h4-7,9H,8H2,1-3H3/b10-9+. The first-order valence-corrected chi connectivity index (χ1v) is 8.04. The number of methoxy groups -OCH3 is 1. The van der Waals surface area contributed by atoms with Crippen LogP contribution in [0.15, 0.2) is 41.1 Å². The van der Waals surface area contributed by atoms with Crippen LogP contribution in [0.1, 0.15) is 6.42 Å². The first kappa shape index (κ1) is 16.1. The Hall–Kier alpha value is -2.74. The molecule has 0 radical (unpaired) electrons. The summed E-state index contributed by atoms with van der Waals surface area (Å²) in [6.07, 6.45) is 1.58. The molecule has 1 aliphatic heterocycles. The minimum atomic E-state index is -0.447. The fourth-order valence-electron chi connectivity index (χ4n) is 2.27. The van der Waals surface area contributed by atoms with Crippen LogP contribution in [-0.4, -0.2) is 48.7 Å². The third-order valence-electron chi connectivity index (χ3n) is 3.34. The Labute approximate surface area is 142 Å². The second kappa shape index (κ2) is 6.40. The average Bonchev–Trinajstić information content (AvgIpc) is 3.10. The van der Waals surface area contributed by atoms with E-state index in [2.05, 4.69) is 14.8 Å². The normalized spacial score (nSPS) is 16.0. The SMILES string of the molecule is COC(=O)CC1=NN(c2nc3ccccc3s2)C(=O)/C1=C/N(C)C. The number of aromatic nitrogens is 1. The van der Waals surface area contributed by atoms with Gasteiger partial charge in [0.15, 0.2) is 0 Å². The fourth-order valence-corrected chi connectivity index (χ4v) is 3.18. The molecule has 8 heteroatoms. The van der Waals surface area contributed by atoms with Crippen molar-refractivity contribution in [2.75, 3.05) is 26.2 Å². The number of hydrogen-bond acceptors (Lipinski definition) is 7. The van der Waals surface area contributed by atoms with Crippen LogP contribution in [0.2, 0.25) is 0 Å². The number of fused-ring (bicyclic) bond motifs is 1. The molecule has 1 aromatic carbocycles. The molecule has 0 bridgehead atoms. The van der Waals surface area contributed by atoms with Crippen LogP contribution in [-0.2, 0) is 14.3 Å². The smallest absolute Gasteiger partial charge is 0.311 e. The van der Waals surface area contributed by atoms with E-state index in [1.165, 1.54) is 23.5 Å². The highest BCUT2D eigenvalue weighted by molar-refractivity contribution is 7.22. The number of esters is 1. The van der Waals surface area contributed by atoms with Gasteiger partial charge < -0.3 is 9.64 Å². The van der Waals surface area contributed by atoms with Crippen LogP contribution in [0.25, 0.3) is 10.2 Å². The van der Waals surface area contributed by atoms with Crippen molar-refractivity contribution < 1.29 is 14.3 Å². The number of amides is 1. The molecule has 2 aromatic rings. The molecule has 124 valence electrons. The molecule has 3 rings (SSSR count). The van der Waals surface area contributed by atoms with Gasteiger partial charge in [-0.25, -0.2) is 4.98 Å². The van der Waals surface area contributed by atoms with Crippen molar-refractivity contribution in [1.82, 2.24) is 9.88 Å². The van der Waals surface area contributed by atoms with Crippen LogP contribution >= 0.6 is 11.3 Å². The van der Waals surface area contributed by atoms with Gasteiger partial charge in [0.2, 0.25) is 5.13 Å². The van der Waals surface area contributed by atoms with Gasteiger partial charge in [0.05, 0.1) is 35.0 Å². The number of para-hydroxylation sites is 1. The molecular formula is C16H16N4O3S. The number of carbonyl (C=O) groups is 2. The summed E-state index contributed by atoms with van der Waals surface area (Å²) in [5, 5.41) is 6.04. The Kier molecular flexibility index (Phi) is 4.30. The highest BCUT2D eigenvalue weighted by Gasteiger charge is 2.34. The third kappa shape index (κ3) is 3.00. The topological polar surface area (TPSA) is 75.1 Å². The molecule has 0 fully saturated rings. The van der Waals surface area contributed by atoms with Crippen molar-refractivity contribution in [1.29, 1.82) is 0 Å². The molecule has 0 saturated carbocycles. The summed E-state index contributed by atoms with van der Waals surface area (Å²) in [5.41, 5.74) is 1.55. The fraction of sp³-hybridized carbons (Fsp3) is 0.250. The molecule has 0 aliphatic carbocycles. The van der Waals surface area contributed by atoms with Gasteiger partial charge in [-0.2, -0.15) is 10.1 Å². The van der Waals surface area contributed by atoms with Gasteiger partial charge in [-0.3, -0.25) is 9.59 Å². The van der Waals surface area contributed by atoms with Crippen molar-refractivity contribution in [3.63, 3.8) is 0 Å². The van der Waals surface area contributed by atoms with Gasteiger partial charge in [-0.1, -0.05) is 23.5 Å². The van der Waals surface area contributed by atoms with Crippen molar-refractivity contribution >= 4 is 44.3 Å². The third-order valence-corrected chi connectivity index (χ3v) is 4.36. The van der Waals surface area contributed by atoms with E-state index in [0.717, 1.165) is 10.2 Å². The van der Waals surface area contributed by atoms with Gasteiger partial charge in [-0.15, -0.1) is 0 Å². The highest BCUT2D eigenvalue weighted by atomic mass is 32.1. The number of benzene rings is 1. The maximum Gasteiger partial charge on any atom is 0.311 e. The average molecular weight is 344 g/mol. The lowest BCUT2D eigenvalue weighted by atomic mass is 10.1. The zero-order chi connectivity index (χ0) is 17.3. The van der Waals surface area contributed by atoms with E-state index in [1.54, 1.807) is 25.2 Å². The number of thiazole rings is 1. The summed E-state index contributed by atoms with van der Waals surface area (Å²) in [6.45, 7) is 0. The van der Waals surface area contributed by atoms with Gasteiger partial charge in [0, 0.05) is 20.3 Å². The van der Waals surface area contributed by atoms with E-state index in [-0.39, 0.29) is 12.3 Å². The Balaban J connectivity index is 2.01. The lowest BCUT2D eigenvalue weighted by Crippen LogP contribution is -2.22. The quantitative estimate of drug-likeness (QED) is 0.626. The Morgan fingerprint density at radius 1 is 1.38 bits per heavy atom. The molecule has 0 atom stereocenters. The summed E-state index contributed by atoms with van der Waals surface area (Å²) in [5.74, 6) is -0.751. The predicted octanol–water partition coefficient (Wildman–Crippen LogP) is 2.01. The number of anilines is 1. The number of ether oxygens (including phenoxy) is 1. The van der Waals surface area contributed by atoms with Crippen LogP contribution < -0.4 is 5.01 Å². The molecule has 0 spiro atoms. The molecule has 2 heterocycles. The maximum absolute atomic E-state index is 12.7. The molecule has 0 N–H and O–H groups in total. The van der Waals surface area contributed by atoms with E-state index in [1.807, 2.05) is 24.3 Å². The Morgan fingerprint density at radius 3 is 2.79 bits per heavy atom. The van der Waals surface area contributed by atoms with Crippen molar-refractivity contribution in [3.05, 3.63) is 36.0 Å². The van der Waals surface area contributed by atoms with Crippen molar-refractivity contribution in [2.45, 2.75) is 6.42 Å². The zero-order valence-electron chi connectivity index (χ0n) is 13.5. The molecule has 0 unspecified atom stereocenters. The van der Waals surface area contributed by atoms with Gasteiger partial charge in [0.1, 0.15) is 0 Å². The van der Waals surface area contributed by atoms with Crippen LogP contribution in [0.5, 0.6) is 0 Å². The Bertz CT molecular complexity index is 836. The van der Waals surface area contributed by atoms with Crippen molar-refractivity contribution in [3.8, 4) is 0 Å². The van der Waals surface area contributed by atoms with Gasteiger partial charge >= 0.3 is 5.97 Å². The first-order valence-electron chi connectivity index (χ1n) is 7.22. The van der Waals surface area contributed by atoms with Crippen LogP contribution in [0.3, 0.4) is 0 Å². The molecule has 24 heavy (non-hydrogen) atoms. The van der Waals surface area contributed by atoms with E-state index in [9.17, 15) is 9.59 Å². The van der Waals surface area contributed by atoms with Crippen LogP contribution in [0.4, 0.5) is 5.13 Å². The molecule has 0 saturated heterocycles. The lowest BCUT2D eigenvalue weighted by Gasteiger charge is -2.09. The van der Waals surface area contributed by atoms with Crippen LogP contribution in [0, 0.1) is 0 Å². The zero-order valence-corrected chi connectivity index (χ0v) is 14.3. The second-order valence-electron chi connectivity index (χ2n) is 5.39. The molecule has 1 aromatic heterocycles. The number of hydrazone groups is 1.